The molecule has 0 spiro atoms. The number of hydrogen-bond acceptors (Lipinski definition) is 4. The van der Waals surface area contributed by atoms with E-state index in [-0.39, 0.29) is 17.9 Å². The summed E-state index contributed by atoms with van der Waals surface area (Å²) >= 11 is 0. The Kier molecular flexibility index (Phi) is 4.95. The van der Waals surface area contributed by atoms with Gasteiger partial charge in [-0.1, -0.05) is 0 Å². The van der Waals surface area contributed by atoms with Crippen molar-refractivity contribution in [3.05, 3.63) is 18.0 Å². The molecule has 1 fully saturated rings. The molecule has 126 valence electrons. The summed E-state index contributed by atoms with van der Waals surface area (Å²) in [5.41, 5.74) is 0.980. The van der Waals surface area contributed by atoms with Gasteiger partial charge in [-0.2, -0.15) is 5.10 Å². The summed E-state index contributed by atoms with van der Waals surface area (Å²) in [6.07, 6.45) is 4.09. The molecule has 7 nitrogen and oxygen atoms in total. The number of nitrogens with zero attached hydrogens (tertiary/aromatic N) is 3. The highest BCUT2D eigenvalue weighted by molar-refractivity contribution is 5.77. The van der Waals surface area contributed by atoms with E-state index in [1.54, 1.807) is 18.0 Å². The van der Waals surface area contributed by atoms with Crippen molar-refractivity contribution in [3.8, 4) is 0 Å². The van der Waals surface area contributed by atoms with E-state index in [4.69, 9.17) is 4.74 Å². The number of fused-ring (bicyclic) bond motifs is 1. The molecule has 1 atom stereocenters. The van der Waals surface area contributed by atoms with Crippen molar-refractivity contribution in [3.63, 3.8) is 0 Å². The molecule has 3 heterocycles. The van der Waals surface area contributed by atoms with Crippen molar-refractivity contribution in [2.24, 2.45) is 5.92 Å². The van der Waals surface area contributed by atoms with Crippen LogP contribution in [-0.4, -0.2) is 52.8 Å². The number of carbonyl (C=O) groups excluding carboxylic acids is 2. The van der Waals surface area contributed by atoms with E-state index in [1.807, 2.05) is 10.7 Å². The molecule has 3 rings (SSSR count). The van der Waals surface area contributed by atoms with E-state index in [0.717, 1.165) is 31.7 Å². The highest BCUT2D eigenvalue weighted by Crippen LogP contribution is 2.23. The van der Waals surface area contributed by atoms with Crippen LogP contribution in [0.3, 0.4) is 0 Å². The zero-order chi connectivity index (χ0) is 16.2. The molecule has 0 saturated carbocycles. The van der Waals surface area contributed by atoms with Crippen molar-refractivity contribution in [1.82, 2.24) is 20.0 Å². The standard InChI is InChI=1S/C16H24N4O3/c1-12(21)19-10-14-2-5-18-20(14)15(11-19)8-16(22)17-9-13-3-6-23-7-4-13/h2,5,13,15H,3-4,6-11H2,1H3,(H,17,22). The van der Waals surface area contributed by atoms with Crippen LogP contribution in [0.4, 0.5) is 0 Å². The second kappa shape index (κ2) is 7.12. The highest BCUT2D eigenvalue weighted by Gasteiger charge is 2.28. The van der Waals surface area contributed by atoms with E-state index >= 15 is 0 Å². The van der Waals surface area contributed by atoms with Crippen LogP contribution in [0, 0.1) is 5.92 Å². The third-order valence-corrected chi connectivity index (χ3v) is 4.68. The van der Waals surface area contributed by atoms with Gasteiger partial charge < -0.3 is 15.0 Å². The molecule has 0 aromatic carbocycles. The normalized spacial score (nSPS) is 21.8. The number of aromatic nitrogens is 2. The summed E-state index contributed by atoms with van der Waals surface area (Å²) in [6.45, 7) is 4.94. The van der Waals surface area contributed by atoms with E-state index in [2.05, 4.69) is 10.4 Å². The van der Waals surface area contributed by atoms with Crippen LogP contribution in [0.25, 0.3) is 0 Å². The molecule has 2 aliphatic heterocycles. The lowest BCUT2D eigenvalue weighted by Gasteiger charge is -2.33. The fraction of sp³-hybridized carbons (Fsp3) is 0.688. The number of ether oxygens (including phenoxy) is 1. The van der Waals surface area contributed by atoms with Gasteiger partial charge in [0.25, 0.3) is 0 Å². The Balaban J connectivity index is 1.56. The van der Waals surface area contributed by atoms with Crippen LogP contribution in [0.2, 0.25) is 0 Å². The van der Waals surface area contributed by atoms with Gasteiger partial charge in [-0.3, -0.25) is 14.3 Å². The number of nitrogens with one attached hydrogen (secondary N) is 1. The first kappa shape index (κ1) is 16.0. The Morgan fingerprint density at radius 3 is 2.91 bits per heavy atom. The minimum atomic E-state index is -0.0904. The second-order valence-corrected chi connectivity index (χ2v) is 6.38. The van der Waals surface area contributed by atoms with Crippen LogP contribution in [0.1, 0.15) is 37.9 Å². The maximum absolute atomic E-state index is 12.3. The summed E-state index contributed by atoms with van der Waals surface area (Å²) in [5.74, 6) is 0.562. The number of carbonyl (C=O) groups is 2. The summed E-state index contributed by atoms with van der Waals surface area (Å²) < 4.78 is 7.21. The minimum absolute atomic E-state index is 0.0216. The number of rotatable bonds is 4. The topological polar surface area (TPSA) is 76.5 Å². The largest absolute Gasteiger partial charge is 0.381 e. The Bertz CT molecular complexity index is 565. The maximum atomic E-state index is 12.3. The van der Waals surface area contributed by atoms with Crippen molar-refractivity contribution in [2.45, 2.75) is 38.8 Å². The molecule has 2 aliphatic rings. The molecule has 23 heavy (non-hydrogen) atoms. The van der Waals surface area contributed by atoms with Crippen molar-refractivity contribution < 1.29 is 14.3 Å². The smallest absolute Gasteiger partial charge is 0.222 e. The SMILES string of the molecule is CC(=O)N1Cc2ccnn2C(CC(=O)NCC2CCOCC2)C1. The quantitative estimate of drug-likeness (QED) is 0.887. The molecule has 1 unspecified atom stereocenters. The molecule has 1 aromatic rings. The first-order valence-corrected chi connectivity index (χ1v) is 8.26. The molecule has 0 bridgehead atoms. The lowest BCUT2D eigenvalue weighted by atomic mass is 10.0. The minimum Gasteiger partial charge on any atom is -0.381 e. The Hall–Kier alpha value is -1.89. The first-order chi connectivity index (χ1) is 11.1. The molecule has 1 N–H and O–H groups in total. The van der Waals surface area contributed by atoms with E-state index in [9.17, 15) is 9.59 Å². The fourth-order valence-electron chi connectivity index (χ4n) is 3.27. The molecule has 1 aromatic heterocycles. The lowest BCUT2D eigenvalue weighted by molar-refractivity contribution is -0.132. The Morgan fingerprint density at radius 2 is 2.17 bits per heavy atom. The summed E-state index contributed by atoms with van der Waals surface area (Å²) in [5, 5.41) is 7.34. The van der Waals surface area contributed by atoms with Crippen molar-refractivity contribution in [1.29, 1.82) is 0 Å². The van der Waals surface area contributed by atoms with Crippen LogP contribution in [-0.2, 0) is 20.9 Å². The summed E-state index contributed by atoms with van der Waals surface area (Å²) in [6, 6.07) is 1.81. The molecule has 0 radical (unpaired) electrons. The molecule has 7 heteroatoms. The second-order valence-electron chi connectivity index (χ2n) is 6.38. The molecule has 1 saturated heterocycles. The molecule has 0 aliphatic carbocycles. The molecular formula is C16H24N4O3. The fourth-order valence-corrected chi connectivity index (χ4v) is 3.27. The Morgan fingerprint density at radius 1 is 1.39 bits per heavy atom. The van der Waals surface area contributed by atoms with Gasteiger partial charge in [0.15, 0.2) is 0 Å². The van der Waals surface area contributed by atoms with Crippen molar-refractivity contribution in [2.75, 3.05) is 26.3 Å². The van der Waals surface area contributed by atoms with E-state index in [1.165, 1.54) is 0 Å². The Labute approximate surface area is 136 Å². The van der Waals surface area contributed by atoms with Crippen LogP contribution in [0.5, 0.6) is 0 Å². The third kappa shape index (κ3) is 3.90. The van der Waals surface area contributed by atoms with Crippen LogP contribution in [0.15, 0.2) is 12.3 Å². The van der Waals surface area contributed by atoms with Gasteiger partial charge >= 0.3 is 0 Å². The van der Waals surface area contributed by atoms with Crippen LogP contribution >= 0.6 is 0 Å². The zero-order valence-electron chi connectivity index (χ0n) is 13.5. The van der Waals surface area contributed by atoms with Crippen LogP contribution < -0.4 is 5.32 Å². The van der Waals surface area contributed by atoms with Gasteiger partial charge in [0.05, 0.1) is 24.7 Å². The lowest BCUT2D eigenvalue weighted by Crippen LogP contribution is -2.42. The first-order valence-electron chi connectivity index (χ1n) is 8.26. The predicted octanol–water partition coefficient (Wildman–Crippen LogP) is 0.719. The predicted molar refractivity (Wildman–Crippen MR) is 83.5 cm³/mol. The molecular weight excluding hydrogens is 296 g/mol. The van der Waals surface area contributed by atoms with Crippen molar-refractivity contribution >= 4 is 11.8 Å². The number of amides is 2. The van der Waals surface area contributed by atoms with Gasteiger partial charge in [0.2, 0.25) is 11.8 Å². The van der Waals surface area contributed by atoms with E-state index in [0.29, 0.717) is 32.0 Å². The number of hydrogen-bond donors (Lipinski definition) is 1. The third-order valence-electron chi connectivity index (χ3n) is 4.68. The maximum Gasteiger partial charge on any atom is 0.222 e. The zero-order valence-corrected chi connectivity index (χ0v) is 13.5. The summed E-state index contributed by atoms with van der Waals surface area (Å²) in [7, 11) is 0. The van der Waals surface area contributed by atoms with Gasteiger partial charge in [-0.25, -0.2) is 0 Å². The highest BCUT2D eigenvalue weighted by atomic mass is 16.5. The monoisotopic (exact) mass is 320 g/mol. The van der Waals surface area contributed by atoms with Gasteiger partial charge in [-0.15, -0.1) is 0 Å². The van der Waals surface area contributed by atoms with Gasteiger partial charge in [0, 0.05) is 39.4 Å². The summed E-state index contributed by atoms with van der Waals surface area (Å²) in [4.78, 5) is 25.7. The van der Waals surface area contributed by atoms with Gasteiger partial charge in [-0.05, 0) is 24.8 Å². The average molecular weight is 320 g/mol. The molecule has 2 amide bonds. The van der Waals surface area contributed by atoms with E-state index < -0.39 is 0 Å². The average Bonchev–Trinajstić information content (AvgIpc) is 3.02. The van der Waals surface area contributed by atoms with Gasteiger partial charge in [0.1, 0.15) is 0 Å².